The van der Waals surface area contributed by atoms with E-state index in [-0.39, 0.29) is 17.4 Å². The number of urea groups is 1. The van der Waals surface area contributed by atoms with Gasteiger partial charge >= 0.3 is 6.03 Å². The molecular formula is C17H30N2O3. The van der Waals surface area contributed by atoms with Crippen molar-refractivity contribution in [3.05, 3.63) is 0 Å². The molecule has 1 aliphatic carbocycles. The molecule has 1 N–H and O–H groups in total. The number of amides is 2. The number of ether oxygens (including phenoxy) is 2. The van der Waals surface area contributed by atoms with Crippen LogP contribution in [-0.2, 0) is 9.47 Å². The zero-order valence-corrected chi connectivity index (χ0v) is 14.2. The molecule has 2 heterocycles. The van der Waals surface area contributed by atoms with Crippen molar-refractivity contribution in [2.24, 2.45) is 11.3 Å². The van der Waals surface area contributed by atoms with Crippen LogP contribution < -0.4 is 5.32 Å². The average molecular weight is 310 g/mol. The maximum absolute atomic E-state index is 12.6. The summed E-state index contributed by atoms with van der Waals surface area (Å²) in [6.45, 7) is 9.43. The Morgan fingerprint density at radius 3 is 2.50 bits per heavy atom. The summed E-state index contributed by atoms with van der Waals surface area (Å²) in [6.07, 6.45) is 5.59. The van der Waals surface area contributed by atoms with E-state index in [4.69, 9.17) is 9.47 Å². The largest absolute Gasteiger partial charge is 0.347 e. The van der Waals surface area contributed by atoms with Crippen molar-refractivity contribution in [1.82, 2.24) is 10.2 Å². The zero-order valence-electron chi connectivity index (χ0n) is 14.2. The molecule has 126 valence electrons. The predicted molar refractivity (Wildman–Crippen MR) is 84.6 cm³/mol. The third kappa shape index (κ3) is 3.11. The third-order valence-corrected chi connectivity index (χ3v) is 5.87. The van der Waals surface area contributed by atoms with Gasteiger partial charge in [0.25, 0.3) is 0 Å². The molecule has 5 heteroatoms. The van der Waals surface area contributed by atoms with E-state index in [2.05, 4.69) is 19.2 Å². The minimum atomic E-state index is -0.508. The highest BCUT2D eigenvalue weighted by molar-refractivity contribution is 5.74. The van der Waals surface area contributed by atoms with Crippen molar-refractivity contribution in [1.29, 1.82) is 0 Å². The van der Waals surface area contributed by atoms with E-state index in [1.807, 2.05) is 11.8 Å². The molecule has 0 aromatic rings. The van der Waals surface area contributed by atoms with Crippen LogP contribution in [0.3, 0.4) is 0 Å². The molecule has 3 rings (SSSR count). The quantitative estimate of drug-likeness (QED) is 0.853. The minimum absolute atomic E-state index is 0.0891. The van der Waals surface area contributed by atoms with Crippen LogP contribution in [0.25, 0.3) is 0 Å². The molecular weight excluding hydrogens is 280 g/mol. The van der Waals surface area contributed by atoms with Gasteiger partial charge in [0.15, 0.2) is 5.79 Å². The van der Waals surface area contributed by atoms with E-state index >= 15 is 0 Å². The Morgan fingerprint density at radius 1 is 1.14 bits per heavy atom. The number of rotatable bonds is 2. The summed E-state index contributed by atoms with van der Waals surface area (Å²) >= 11 is 0. The van der Waals surface area contributed by atoms with E-state index in [1.54, 1.807) is 0 Å². The first-order chi connectivity index (χ1) is 10.4. The van der Waals surface area contributed by atoms with Crippen LogP contribution in [0.15, 0.2) is 0 Å². The number of piperidine rings is 1. The molecule has 0 aromatic heterocycles. The van der Waals surface area contributed by atoms with Gasteiger partial charge in [0.05, 0.1) is 13.2 Å². The van der Waals surface area contributed by atoms with Gasteiger partial charge in [-0.25, -0.2) is 4.79 Å². The van der Waals surface area contributed by atoms with Crippen molar-refractivity contribution in [3.63, 3.8) is 0 Å². The normalized spacial score (nSPS) is 33.9. The molecule has 0 unspecified atom stereocenters. The average Bonchev–Trinajstić information content (AvgIpc) is 3.07. The molecule has 3 fully saturated rings. The second-order valence-electron chi connectivity index (χ2n) is 7.88. The molecule has 0 aromatic carbocycles. The van der Waals surface area contributed by atoms with E-state index in [9.17, 15) is 4.79 Å². The van der Waals surface area contributed by atoms with Crippen LogP contribution in [0.4, 0.5) is 4.79 Å². The first kappa shape index (κ1) is 16.1. The number of hydrogen-bond acceptors (Lipinski definition) is 3. The van der Waals surface area contributed by atoms with Crippen LogP contribution in [0.5, 0.6) is 0 Å². The molecule has 22 heavy (non-hydrogen) atoms. The Morgan fingerprint density at radius 2 is 1.86 bits per heavy atom. The second-order valence-corrected chi connectivity index (χ2v) is 7.88. The predicted octanol–water partition coefficient (Wildman–Crippen LogP) is 2.75. The number of likely N-dealkylation sites (tertiary alicyclic amines) is 1. The molecule has 0 radical (unpaired) electrons. The molecule has 2 atom stereocenters. The molecule has 0 bridgehead atoms. The van der Waals surface area contributed by atoms with Crippen LogP contribution in [0.2, 0.25) is 0 Å². The van der Waals surface area contributed by atoms with Crippen molar-refractivity contribution >= 4 is 6.03 Å². The maximum Gasteiger partial charge on any atom is 0.317 e. The lowest BCUT2D eigenvalue weighted by Crippen LogP contribution is -2.54. The van der Waals surface area contributed by atoms with Gasteiger partial charge in [0.1, 0.15) is 0 Å². The summed E-state index contributed by atoms with van der Waals surface area (Å²) in [6, 6.07) is 0.390. The van der Waals surface area contributed by atoms with E-state index in [0.717, 1.165) is 32.4 Å². The molecule has 2 saturated heterocycles. The highest BCUT2D eigenvalue weighted by Gasteiger charge is 2.43. The zero-order chi connectivity index (χ0) is 15.8. The fourth-order valence-corrected chi connectivity index (χ4v) is 4.19. The van der Waals surface area contributed by atoms with Gasteiger partial charge in [0, 0.05) is 25.0 Å². The second kappa shape index (κ2) is 6.00. The Labute approximate surface area is 133 Å². The molecule has 0 spiro atoms. The standard InChI is InChI=1S/C17H30N2O3/c1-16(2)8-4-7-14(16)18-15(20)19-9-5-6-13(12-19)17(3)21-10-11-22-17/h13-14H,4-12H2,1-3H3,(H,18,20)/t13-,14+/m1/s1. The Kier molecular flexibility index (Phi) is 4.38. The van der Waals surface area contributed by atoms with Crippen LogP contribution in [0, 0.1) is 11.3 Å². The Hall–Kier alpha value is -0.810. The SMILES string of the molecule is CC1(C)CCC[C@@H]1NC(=O)N1CCC[C@@H](C2(C)OCCO2)C1. The lowest BCUT2D eigenvalue weighted by Gasteiger charge is -2.40. The van der Waals surface area contributed by atoms with Crippen LogP contribution >= 0.6 is 0 Å². The maximum atomic E-state index is 12.6. The van der Waals surface area contributed by atoms with Gasteiger partial charge in [-0.3, -0.25) is 0 Å². The Balaban J connectivity index is 1.58. The summed E-state index contributed by atoms with van der Waals surface area (Å²) in [7, 11) is 0. The first-order valence-corrected chi connectivity index (χ1v) is 8.74. The van der Waals surface area contributed by atoms with Gasteiger partial charge in [0.2, 0.25) is 0 Å². The van der Waals surface area contributed by atoms with Gasteiger partial charge in [-0.1, -0.05) is 20.3 Å². The van der Waals surface area contributed by atoms with Gasteiger partial charge in [-0.05, 0) is 38.0 Å². The highest BCUT2D eigenvalue weighted by Crippen LogP contribution is 2.38. The van der Waals surface area contributed by atoms with Crippen molar-refractivity contribution in [2.45, 2.75) is 64.7 Å². The van der Waals surface area contributed by atoms with Crippen molar-refractivity contribution < 1.29 is 14.3 Å². The molecule has 2 aliphatic heterocycles. The van der Waals surface area contributed by atoms with E-state index < -0.39 is 5.79 Å². The van der Waals surface area contributed by atoms with Crippen molar-refractivity contribution in [2.75, 3.05) is 26.3 Å². The fraction of sp³-hybridized carbons (Fsp3) is 0.941. The smallest absolute Gasteiger partial charge is 0.317 e. The van der Waals surface area contributed by atoms with E-state index in [0.29, 0.717) is 19.3 Å². The monoisotopic (exact) mass is 310 g/mol. The minimum Gasteiger partial charge on any atom is -0.347 e. The summed E-state index contributed by atoms with van der Waals surface area (Å²) < 4.78 is 11.6. The number of carbonyl (C=O) groups is 1. The summed E-state index contributed by atoms with van der Waals surface area (Å²) in [5.41, 5.74) is 0.217. The lowest BCUT2D eigenvalue weighted by molar-refractivity contribution is -0.189. The fourth-order valence-electron chi connectivity index (χ4n) is 4.19. The lowest BCUT2D eigenvalue weighted by atomic mass is 9.87. The third-order valence-electron chi connectivity index (χ3n) is 5.87. The Bertz CT molecular complexity index is 418. The first-order valence-electron chi connectivity index (χ1n) is 8.74. The summed E-state index contributed by atoms with van der Waals surface area (Å²) in [5.74, 6) is -0.239. The molecule has 5 nitrogen and oxygen atoms in total. The number of hydrogen-bond donors (Lipinski definition) is 1. The molecule has 1 saturated carbocycles. The van der Waals surface area contributed by atoms with Gasteiger partial charge in [-0.15, -0.1) is 0 Å². The number of nitrogens with zero attached hydrogens (tertiary/aromatic N) is 1. The molecule has 2 amide bonds. The van der Waals surface area contributed by atoms with Gasteiger partial charge in [-0.2, -0.15) is 0 Å². The van der Waals surface area contributed by atoms with E-state index in [1.165, 1.54) is 12.8 Å². The summed E-state index contributed by atoms with van der Waals surface area (Å²) in [4.78, 5) is 14.6. The van der Waals surface area contributed by atoms with Gasteiger partial charge < -0.3 is 19.7 Å². The van der Waals surface area contributed by atoms with Crippen LogP contribution in [0.1, 0.15) is 52.9 Å². The number of carbonyl (C=O) groups excluding carboxylic acids is 1. The van der Waals surface area contributed by atoms with Crippen LogP contribution in [-0.4, -0.2) is 49.1 Å². The summed E-state index contributed by atoms with van der Waals surface area (Å²) in [5, 5.41) is 3.27. The highest BCUT2D eigenvalue weighted by atomic mass is 16.7. The number of nitrogens with one attached hydrogen (secondary N) is 1. The topological polar surface area (TPSA) is 50.8 Å². The molecule has 3 aliphatic rings. The van der Waals surface area contributed by atoms with Crippen molar-refractivity contribution in [3.8, 4) is 0 Å².